The van der Waals surface area contributed by atoms with Crippen molar-refractivity contribution >= 4 is 27.6 Å². The van der Waals surface area contributed by atoms with Crippen LogP contribution in [0.3, 0.4) is 0 Å². The molecule has 0 fully saturated rings. The highest BCUT2D eigenvalue weighted by atomic mass is 31.2. The van der Waals surface area contributed by atoms with E-state index in [-0.39, 0.29) is 12.8 Å². The highest BCUT2D eigenvalue weighted by molar-refractivity contribution is 7.47. The monoisotopic (exact) mass is 868 g/mol. The number of rotatable bonds is 41. The molecule has 0 aliphatic rings. The van der Waals surface area contributed by atoms with Gasteiger partial charge < -0.3 is 34.4 Å². The Kier molecular flexibility index (Phi) is 37.1. The Hall–Kier alpha value is -1.70. The van der Waals surface area contributed by atoms with Crippen molar-refractivity contribution in [2.45, 2.75) is 193 Å². The number of ether oxygens (including phenoxy) is 2. The molecule has 0 rings (SSSR count). The van der Waals surface area contributed by atoms with Crippen LogP contribution in [0.15, 0.2) is 36.5 Å². The third kappa shape index (κ3) is 41.1. The Balaban J connectivity index is 4.56. The van der Waals surface area contributed by atoms with E-state index in [2.05, 4.69) is 29.0 Å². The van der Waals surface area contributed by atoms with Crippen LogP contribution in [0, 0.1) is 0 Å². The maximum absolute atomic E-state index is 12.7. The number of carbonyl (C=O) groups is 2. The van der Waals surface area contributed by atoms with E-state index in [1.807, 2.05) is 24.3 Å². The van der Waals surface area contributed by atoms with Crippen molar-refractivity contribution in [3.05, 3.63) is 36.5 Å². The highest BCUT2D eigenvalue weighted by Gasteiger charge is 2.28. The molecule has 14 nitrogen and oxygen atoms in total. The molecule has 5 N–H and O–H groups in total. The fraction of sp³-hybridized carbons (Fsp3) is 0.810. The first-order valence-electron chi connectivity index (χ1n) is 21.8. The van der Waals surface area contributed by atoms with Crippen LogP contribution in [0.5, 0.6) is 0 Å². The number of aliphatic hydroxyl groups is 2. The van der Waals surface area contributed by atoms with Gasteiger partial charge in [0, 0.05) is 12.8 Å². The number of hydrogen-bond donors (Lipinski definition) is 5. The Morgan fingerprint density at radius 3 is 1.62 bits per heavy atom. The van der Waals surface area contributed by atoms with Gasteiger partial charge in [0.2, 0.25) is 0 Å². The number of phosphoric ester groups is 2. The molecule has 16 heteroatoms. The maximum Gasteiger partial charge on any atom is 0.472 e. The topological polar surface area (TPSA) is 216 Å². The molecule has 0 aliphatic heterocycles. The highest BCUT2D eigenvalue weighted by Crippen LogP contribution is 2.43. The summed E-state index contributed by atoms with van der Waals surface area (Å²) in [6.45, 7) is 1.52. The first kappa shape index (κ1) is 56.3. The molecule has 0 saturated heterocycles. The Bertz CT molecular complexity index is 1190. The minimum Gasteiger partial charge on any atom is -0.462 e. The number of hydrogen-bond acceptors (Lipinski definition) is 11. The van der Waals surface area contributed by atoms with Crippen molar-refractivity contribution in [3.8, 4) is 0 Å². The van der Waals surface area contributed by atoms with Gasteiger partial charge in [0.25, 0.3) is 0 Å². The lowest BCUT2D eigenvalue weighted by atomic mass is 10.0. The first-order chi connectivity index (χ1) is 27.8. The predicted octanol–water partition coefficient (Wildman–Crippen LogP) is 9.87. The van der Waals surface area contributed by atoms with Gasteiger partial charge in [-0.2, -0.15) is 0 Å². The lowest BCUT2D eigenvalue weighted by Gasteiger charge is -2.20. The van der Waals surface area contributed by atoms with Crippen LogP contribution in [0.25, 0.3) is 0 Å². The Morgan fingerprint density at radius 1 is 0.569 bits per heavy atom. The molecule has 0 aliphatic carbocycles. The molecule has 340 valence electrons. The third-order valence-electron chi connectivity index (χ3n) is 9.11. The van der Waals surface area contributed by atoms with Gasteiger partial charge >= 0.3 is 27.6 Å². The van der Waals surface area contributed by atoms with E-state index in [4.69, 9.17) is 23.8 Å². The second kappa shape index (κ2) is 38.2. The van der Waals surface area contributed by atoms with Crippen LogP contribution in [0.2, 0.25) is 0 Å². The average Bonchev–Trinajstić information content (AvgIpc) is 3.17. The fourth-order valence-electron chi connectivity index (χ4n) is 5.80. The van der Waals surface area contributed by atoms with E-state index in [9.17, 15) is 33.8 Å². The van der Waals surface area contributed by atoms with Crippen molar-refractivity contribution in [2.75, 3.05) is 26.4 Å². The number of unbranched alkanes of at least 4 members (excludes halogenated alkanes) is 19. The van der Waals surface area contributed by atoms with Crippen molar-refractivity contribution < 1.29 is 66.7 Å². The summed E-state index contributed by atoms with van der Waals surface area (Å²) in [4.78, 5) is 52.7. The minimum absolute atomic E-state index is 0.119. The zero-order valence-electron chi connectivity index (χ0n) is 35.5. The number of aliphatic hydroxyl groups excluding tert-OH is 2. The molecule has 0 aromatic heterocycles. The summed E-state index contributed by atoms with van der Waals surface area (Å²) in [5.74, 6) is -1.08. The van der Waals surface area contributed by atoms with Crippen LogP contribution in [0.4, 0.5) is 0 Å². The summed E-state index contributed by atoms with van der Waals surface area (Å²) in [6.07, 6.45) is 33.2. The molecular formula is C42H78O14P2. The summed E-state index contributed by atoms with van der Waals surface area (Å²) < 4.78 is 47.7. The van der Waals surface area contributed by atoms with Crippen molar-refractivity contribution in [1.82, 2.24) is 0 Å². The van der Waals surface area contributed by atoms with E-state index in [0.717, 1.165) is 57.8 Å². The molecule has 0 aromatic rings. The molecular weight excluding hydrogens is 790 g/mol. The van der Waals surface area contributed by atoms with Crippen LogP contribution < -0.4 is 0 Å². The number of esters is 2. The minimum atomic E-state index is -4.87. The summed E-state index contributed by atoms with van der Waals surface area (Å²) in [5.41, 5.74) is 0. The largest absolute Gasteiger partial charge is 0.472 e. The summed E-state index contributed by atoms with van der Waals surface area (Å²) in [5, 5.41) is 19.6. The van der Waals surface area contributed by atoms with Crippen LogP contribution >= 0.6 is 15.6 Å². The van der Waals surface area contributed by atoms with Crippen molar-refractivity contribution in [2.24, 2.45) is 0 Å². The zero-order valence-corrected chi connectivity index (χ0v) is 37.3. The Morgan fingerprint density at radius 2 is 1.07 bits per heavy atom. The number of carbonyl (C=O) groups excluding carboxylic acids is 2. The van der Waals surface area contributed by atoms with E-state index in [1.165, 1.54) is 70.6 Å². The van der Waals surface area contributed by atoms with Gasteiger partial charge in [-0.25, -0.2) is 9.13 Å². The molecule has 0 bridgehead atoms. The first-order valence-corrected chi connectivity index (χ1v) is 24.8. The molecule has 0 aromatic carbocycles. The molecule has 0 amide bonds. The van der Waals surface area contributed by atoms with Gasteiger partial charge in [-0.05, 0) is 38.5 Å². The van der Waals surface area contributed by atoms with Gasteiger partial charge in [-0.1, -0.05) is 159 Å². The van der Waals surface area contributed by atoms with Crippen LogP contribution in [-0.2, 0) is 41.8 Å². The predicted molar refractivity (Wildman–Crippen MR) is 227 cm³/mol. The lowest BCUT2D eigenvalue weighted by molar-refractivity contribution is -0.161. The number of phosphoric acid groups is 2. The SMILES string of the molecule is CC/C=C/CC(O)/C=C/C=C/CCCCCCCC(=O)OC[C@H](COP(=O)(O)OC[C@@H](O)COP(=O)(O)O)OC(=O)CCCCCCCCCCCCCCCCC. The van der Waals surface area contributed by atoms with Gasteiger partial charge in [-0.15, -0.1) is 0 Å². The molecule has 2 unspecified atom stereocenters. The van der Waals surface area contributed by atoms with Gasteiger partial charge in [0.05, 0.1) is 25.9 Å². The van der Waals surface area contributed by atoms with Crippen molar-refractivity contribution in [1.29, 1.82) is 0 Å². The van der Waals surface area contributed by atoms with Crippen LogP contribution in [0.1, 0.15) is 174 Å². The quantitative estimate of drug-likeness (QED) is 0.0127. The molecule has 4 atom stereocenters. The van der Waals surface area contributed by atoms with Gasteiger partial charge in [0.15, 0.2) is 6.10 Å². The standard InChI is InChI=1S/C42H78O14P2/c1-3-5-7-8-9-10-11-12-13-14-15-18-22-25-29-33-42(46)56-40(37-55-58(50,51)54-35-39(44)34-53-57(47,48)49)36-52-41(45)32-28-24-21-19-16-17-20-23-27-31-38(43)30-26-6-4-2/h6,20,23,26-27,31,38-40,43-44H,3-5,7-19,21-22,24-25,28-30,32-37H2,1-2H3,(H,50,51)(H2,47,48,49)/b23-20+,26-6+,31-27+/t38?,39-,40+/m0/s1. The van der Waals surface area contributed by atoms with E-state index >= 15 is 0 Å². The molecule has 0 spiro atoms. The molecule has 0 radical (unpaired) electrons. The maximum atomic E-state index is 12.7. The normalized spacial score (nSPS) is 14.9. The number of allylic oxidation sites excluding steroid dienone is 4. The summed E-state index contributed by atoms with van der Waals surface area (Å²) >= 11 is 0. The summed E-state index contributed by atoms with van der Waals surface area (Å²) in [6, 6.07) is 0. The lowest BCUT2D eigenvalue weighted by Crippen LogP contribution is -2.30. The molecule has 0 heterocycles. The smallest absolute Gasteiger partial charge is 0.462 e. The fourth-order valence-corrected chi connectivity index (χ4v) is 6.95. The van der Waals surface area contributed by atoms with E-state index in [1.54, 1.807) is 6.08 Å². The van der Waals surface area contributed by atoms with E-state index < -0.39 is 72.3 Å². The van der Waals surface area contributed by atoms with Gasteiger partial charge in [-0.3, -0.25) is 23.2 Å². The van der Waals surface area contributed by atoms with Crippen LogP contribution in [-0.4, -0.2) is 81.6 Å². The second-order valence-electron chi connectivity index (χ2n) is 14.8. The zero-order chi connectivity index (χ0) is 43.2. The average molecular weight is 869 g/mol. The van der Waals surface area contributed by atoms with E-state index in [0.29, 0.717) is 19.3 Å². The third-order valence-corrected chi connectivity index (χ3v) is 10.5. The second-order valence-corrected chi connectivity index (χ2v) is 17.5. The summed E-state index contributed by atoms with van der Waals surface area (Å²) in [7, 11) is -9.69. The molecule has 58 heavy (non-hydrogen) atoms. The van der Waals surface area contributed by atoms with Gasteiger partial charge in [0.1, 0.15) is 12.7 Å². The van der Waals surface area contributed by atoms with Crippen molar-refractivity contribution in [3.63, 3.8) is 0 Å². The Labute approximate surface area is 349 Å². The molecule has 0 saturated carbocycles.